The maximum Gasteiger partial charge on any atom is 0.0603 e. The van der Waals surface area contributed by atoms with Crippen LogP contribution in [0.3, 0.4) is 0 Å². The Labute approximate surface area is 100 Å². The van der Waals surface area contributed by atoms with Crippen molar-refractivity contribution < 1.29 is 4.74 Å². The van der Waals surface area contributed by atoms with E-state index in [1.165, 1.54) is 64.2 Å². The summed E-state index contributed by atoms with van der Waals surface area (Å²) in [6.07, 6.45) is 14.7. The Morgan fingerprint density at radius 2 is 1.12 bits per heavy atom. The number of hydrogen-bond acceptors (Lipinski definition) is 2. The summed E-state index contributed by atoms with van der Waals surface area (Å²) in [5.41, 5.74) is 0. The molecule has 2 heteroatoms. The quantitative estimate of drug-likeness (QED) is 0.779. The van der Waals surface area contributed by atoms with Gasteiger partial charge in [-0.15, -0.1) is 0 Å². The van der Waals surface area contributed by atoms with Gasteiger partial charge in [-0.05, 0) is 38.8 Å². The van der Waals surface area contributed by atoms with E-state index in [-0.39, 0.29) is 0 Å². The molecule has 1 heterocycles. The fourth-order valence-electron chi connectivity index (χ4n) is 2.94. The molecule has 2 nitrogen and oxygen atoms in total. The summed E-state index contributed by atoms with van der Waals surface area (Å²) in [4.78, 5) is 0. The van der Waals surface area contributed by atoms with Crippen LogP contribution in [0.4, 0.5) is 0 Å². The maximum absolute atomic E-state index is 6.28. The highest BCUT2D eigenvalue weighted by molar-refractivity contribution is 4.71. The van der Waals surface area contributed by atoms with Gasteiger partial charge >= 0.3 is 0 Å². The highest BCUT2D eigenvalue weighted by atomic mass is 16.5. The van der Waals surface area contributed by atoms with Crippen molar-refractivity contribution in [2.75, 3.05) is 13.1 Å². The van der Waals surface area contributed by atoms with E-state index in [2.05, 4.69) is 5.32 Å². The average Bonchev–Trinajstić information content (AvgIpc) is 2.45. The second-order valence-corrected chi connectivity index (χ2v) is 5.41. The highest BCUT2D eigenvalue weighted by Gasteiger charge is 2.19. The summed E-state index contributed by atoms with van der Waals surface area (Å²) in [6.45, 7) is 2.30. The van der Waals surface area contributed by atoms with Crippen LogP contribution in [0.25, 0.3) is 0 Å². The lowest BCUT2D eigenvalue weighted by Crippen LogP contribution is -2.34. The number of nitrogens with one attached hydrogen (secondary N) is 1. The molecule has 0 bridgehead atoms. The van der Waals surface area contributed by atoms with E-state index < -0.39 is 0 Å². The molecule has 2 fully saturated rings. The van der Waals surface area contributed by atoms with Crippen molar-refractivity contribution in [2.45, 2.75) is 76.4 Å². The molecule has 1 N–H and O–H groups in total. The molecule has 1 aliphatic carbocycles. The van der Waals surface area contributed by atoms with Gasteiger partial charge in [-0.2, -0.15) is 0 Å². The molecule has 2 rings (SSSR count). The minimum Gasteiger partial charge on any atom is -0.375 e. The zero-order valence-corrected chi connectivity index (χ0v) is 10.5. The summed E-state index contributed by atoms with van der Waals surface area (Å²) in [5.74, 6) is 0. The zero-order valence-electron chi connectivity index (χ0n) is 10.5. The highest BCUT2D eigenvalue weighted by Crippen LogP contribution is 2.22. The Hall–Kier alpha value is -0.0800. The lowest BCUT2D eigenvalue weighted by Gasteiger charge is -2.28. The summed E-state index contributed by atoms with van der Waals surface area (Å²) in [6, 6.07) is 0. The standard InChI is InChI=1S/C14H27NO/c1-2-4-6-8-13(7-5-3-1)16-14-9-11-15-12-10-14/h13-15H,1-12H2. The van der Waals surface area contributed by atoms with Crippen LogP contribution in [0.1, 0.15) is 64.2 Å². The number of ether oxygens (including phenoxy) is 1. The van der Waals surface area contributed by atoms with Gasteiger partial charge in [0.25, 0.3) is 0 Å². The fraction of sp³-hybridized carbons (Fsp3) is 1.00. The monoisotopic (exact) mass is 225 g/mol. The van der Waals surface area contributed by atoms with E-state index in [1.54, 1.807) is 0 Å². The predicted octanol–water partition coefficient (Wildman–Crippen LogP) is 3.26. The minimum absolute atomic E-state index is 0.548. The summed E-state index contributed by atoms with van der Waals surface area (Å²) >= 11 is 0. The first-order valence-electron chi connectivity index (χ1n) is 7.31. The van der Waals surface area contributed by atoms with Crippen LogP contribution < -0.4 is 5.32 Å². The van der Waals surface area contributed by atoms with Crippen LogP contribution in [0.5, 0.6) is 0 Å². The van der Waals surface area contributed by atoms with Crippen molar-refractivity contribution in [3.05, 3.63) is 0 Å². The van der Waals surface area contributed by atoms with Crippen LogP contribution >= 0.6 is 0 Å². The lowest BCUT2D eigenvalue weighted by atomic mass is 10.1. The smallest absolute Gasteiger partial charge is 0.0603 e. The van der Waals surface area contributed by atoms with Crippen LogP contribution in [0.2, 0.25) is 0 Å². The number of rotatable bonds is 2. The first-order chi connectivity index (χ1) is 7.95. The van der Waals surface area contributed by atoms with Crippen LogP contribution in [0.15, 0.2) is 0 Å². The molecular weight excluding hydrogens is 198 g/mol. The van der Waals surface area contributed by atoms with Crippen molar-refractivity contribution in [1.29, 1.82) is 0 Å². The van der Waals surface area contributed by atoms with E-state index in [9.17, 15) is 0 Å². The van der Waals surface area contributed by atoms with E-state index in [0.717, 1.165) is 13.1 Å². The Balaban J connectivity index is 1.71. The molecule has 1 saturated carbocycles. The van der Waals surface area contributed by atoms with E-state index in [1.807, 2.05) is 0 Å². The molecule has 0 aromatic rings. The maximum atomic E-state index is 6.28. The molecule has 0 atom stereocenters. The number of piperidine rings is 1. The van der Waals surface area contributed by atoms with Gasteiger partial charge in [0.15, 0.2) is 0 Å². The molecule has 0 amide bonds. The van der Waals surface area contributed by atoms with Gasteiger partial charge in [0.05, 0.1) is 12.2 Å². The normalized spacial score (nSPS) is 27.0. The average molecular weight is 225 g/mol. The Morgan fingerprint density at radius 3 is 1.75 bits per heavy atom. The second kappa shape index (κ2) is 7.29. The minimum atomic E-state index is 0.548. The van der Waals surface area contributed by atoms with Gasteiger partial charge < -0.3 is 10.1 Å². The fourth-order valence-corrected chi connectivity index (χ4v) is 2.94. The molecule has 0 spiro atoms. The van der Waals surface area contributed by atoms with E-state index >= 15 is 0 Å². The molecule has 2 aliphatic rings. The molecular formula is C14H27NO. The first kappa shape index (κ1) is 12.4. The molecule has 0 radical (unpaired) electrons. The lowest BCUT2D eigenvalue weighted by molar-refractivity contribution is -0.0349. The third-order valence-electron chi connectivity index (χ3n) is 3.97. The Morgan fingerprint density at radius 1 is 0.625 bits per heavy atom. The molecule has 0 unspecified atom stereocenters. The van der Waals surface area contributed by atoms with Gasteiger partial charge in [-0.3, -0.25) is 0 Å². The Kier molecular flexibility index (Phi) is 5.64. The summed E-state index contributed by atoms with van der Waals surface area (Å²) < 4.78 is 6.28. The molecule has 0 aromatic carbocycles. The van der Waals surface area contributed by atoms with Crippen LogP contribution in [-0.2, 0) is 4.74 Å². The molecule has 0 aromatic heterocycles. The number of hydrogen-bond donors (Lipinski definition) is 1. The van der Waals surface area contributed by atoms with Crippen molar-refractivity contribution in [3.8, 4) is 0 Å². The Bertz CT molecular complexity index is 168. The van der Waals surface area contributed by atoms with Gasteiger partial charge in [-0.1, -0.05) is 38.5 Å². The molecule has 94 valence electrons. The van der Waals surface area contributed by atoms with Crippen LogP contribution in [-0.4, -0.2) is 25.3 Å². The zero-order chi connectivity index (χ0) is 11.1. The van der Waals surface area contributed by atoms with Crippen molar-refractivity contribution >= 4 is 0 Å². The van der Waals surface area contributed by atoms with Gasteiger partial charge in [0, 0.05) is 0 Å². The van der Waals surface area contributed by atoms with E-state index in [4.69, 9.17) is 4.74 Å². The van der Waals surface area contributed by atoms with Gasteiger partial charge in [0.2, 0.25) is 0 Å². The van der Waals surface area contributed by atoms with Crippen molar-refractivity contribution in [2.24, 2.45) is 0 Å². The second-order valence-electron chi connectivity index (χ2n) is 5.41. The summed E-state index contributed by atoms with van der Waals surface area (Å²) in [7, 11) is 0. The van der Waals surface area contributed by atoms with Crippen molar-refractivity contribution in [3.63, 3.8) is 0 Å². The SMILES string of the molecule is C1CCCCC(OC2CCNCC2)CCC1. The topological polar surface area (TPSA) is 21.3 Å². The first-order valence-corrected chi connectivity index (χ1v) is 7.31. The third kappa shape index (κ3) is 4.42. The summed E-state index contributed by atoms with van der Waals surface area (Å²) in [5, 5.41) is 3.40. The van der Waals surface area contributed by atoms with Gasteiger partial charge in [-0.25, -0.2) is 0 Å². The molecule has 1 saturated heterocycles. The third-order valence-corrected chi connectivity index (χ3v) is 3.97. The molecule has 1 aliphatic heterocycles. The largest absolute Gasteiger partial charge is 0.375 e. The molecule has 16 heavy (non-hydrogen) atoms. The van der Waals surface area contributed by atoms with Gasteiger partial charge in [0.1, 0.15) is 0 Å². The predicted molar refractivity (Wildman–Crippen MR) is 67.7 cm³/mol. The van der Waals surface area contributed by atoms with Crippen molar-refractivity contribution in [1.82, 2.24) is 5.32 Å². The van der Waals surface area contributed by atoms with E-state index in [0.29, 0.717) is 12.2 Å². The van der Waals surface area contributed by atoms with Crippen LogP contribution in [0, 0.1) is 0 Å².